The second kappa shape index (κ2) is 11.9. The molecule has 0 aliphatic carbocycles. The lowest BCUT2D eigenvalue weighted by atomic mass is 10.1. The van der Waals surface area contributed by atoms with Crippen molar-refractivity contribution in [2.45, 2.75) is 18.2 Å². The molecule has 1 amide bonds. The highest BCUT2D eigenvalue weighted by molar-refractivity contribution is 8.00. The first-order chi connectivity index (χ1) is 14.4. The second-order valence-electron chi connectivity index (χ2n) is 6.35. The van der Waals surface area contributed by atoms with Gasteiger partial charge in [0.25, 0.3) is 0 Å². The van der Waals surface area contributed by atoms with Crippen molar-refractivity contribution in [3.63, 3.8) is 0 Å². The highest BCUT2D eigenvalue weighted by Gasteiger charge is 2.14. The van der Waals surface area contributed by atoms with Crippen molar-refractivity contribution in [2.75, 3.05) is 33.1 Å². The summed E-state index contributed by atoms with van der Waals surface area (Å²) in [6.45, 7) is 1.55. The third-order valence-corrected chi connectivity index (χ3v) is 5.13. The molecular formula is C22H25NO6S. The maximum Gasteiger partial charge on any atom is 0.339 e. The van der Waals surface area contributed by atoms with Crippen LogP contribution in [0.15, 0.2) is 47.4 Å². The fourth-order valence-corrected chi connectivity index (χ4v) is 3.45. The molecule has 2 rings (SSSR count). The first-order valence-corrected chi connectivity index (χ1v) is 10.3. The average molecular weight is 432 g/mol. The van der Waals surface area contributed by atoms with E-state index < -0.39 is 5.97 Å². The summed E-state index contributed by atoms with van der Waals surface area (Å²) >= 11 is 1.24. The SMILES string of the molecule is COc1ccc(CCNC(=O)CSc2ccccc2C(=O)OCC(C)=O)cc1OC. The molecule has 0 saturated carbocycles. The Hall–Kier alpha value is -3.00. The molecule has 0 unspecified atom stereocenters. The molecule has 0 radical (unpaired) electrons. The average Bonchev–Trinajstić information content (AvgIpc) is 2.76. The van der Waals surface area contributed by atoms with Gasteiger partial charge in [0.05, 0.1) is 25.5 Å². The number of nitrogens with one attached hydrogen (secondary N) is 1. The number of carbonyl (C=O) groups excluding carboxylic acids is 3. The number of carbonyl (C=O) groups is 3. The quantitative estimate of drug-likeness (QED) is 0.432. The predicted octanol–water partition coefficient (Wildman–Crippen LogP) is 2.90. The molecule has 0 aliphatic rings. The number of ether oxygens (including phenoxy) is 3. The number of esters is 1. The Kier molecular flexibility index (Phi) is 9.21. The summed E-state index contributed by atoms with van der Waals surface area (Å²) < 4.78 is 15.5. The van der Waals surface area contributed by atoms with Gasteiger partial charge in [0.1, 0.15) is 6.61 Å². The third-order valence-electron chi connectivity index (χ3n) is 4.06. The van der Waals surface area contributed by atoms with Crippen molar-refractivity contribution >= 4 is 29.4 Å². The second-order valence-corrected chi connectivity index (χ2v) is 7.37. The van der Waals surface area contributed by atoms with Crippen LogP contribution in [0.1, 0.15) is 22.8 Å². The molecule has 0 saturated heterocycles. The Labute approximate surface area is 180 Å². The zero-order valence-corrected chi connectivity index (χ0v) is 18.0. The number of rotatable bonds is 11. The summed E-state index contributed by atoms with van der Waals surface area (Å²) in [6.07, 6.45) is 0.644. The van der Waals surface area contributed by atoms with E-state index >= 15 is 0 Å². The zero-order valence-electron chi connectivity index (χ0n) is 17.2. The molecular weight excluding hydrogens is 406 g/mol. The lowest BCUT2D eigenvalue weighted by Gasteiger charge is -2.11. The summed E-state index contributed by atoms with van der Waals surface area (Å²) in [4.78, 5) is 36.0. The van der Waals surface area contributed by atoms with Gasteiger partial charge in [0.2, 0.25) is 5.91 Å². The smallest absolute Gasteiger partial charge is 0.339 e. The number of hydrogen-bond donors (Lipinski definition) is 1. The van der Waals surface area contributed by atoms with E-state index in [4.69, 9.17) is 14.2 Å². The molecule has 2 aromatic rings. The van der Waals surface area contributed by atoms with E-state index in [0.29, 0.717) is 34.9 Å². The molecule has 0 bridgehead atoms. The molecule has 30 heavy (non-hydrogen) atoms. The van der Waals surface area contributed by atoms with Gasteiger partial charge < -0.3 is 19.5 Å². The Bertz CT molecular complexity index is 899. The van der Waals surface area contributed by atoms with E-state index in [2.05, 4.69) is 5.32 Å². The molecule has 0 fully saturated rings. The van der Waals surface area contributed by atoms with Crippen molar-refractivity contribution in [3.05, 3.63) is 53.6 Å². The molecule has 0 aromatic heterocycles. The van der Waals surface area contributed by atoms with Crippen LogP contribution >= 0.6 is 11.8 Å². The van der Waals surface area contributed by atoms with Gasteiger partial charge in [-0.15, -0.1) is 11.8 Å². The molecule has 1 N–H and O–H groups in total. The monoisotopic (exact) mass is 431 g/mol. The molecule has 0 heterocycles. The summed E-state index contributed by atoms with van der Waals surface area (Å²) in [5, 5.41) is 2.86. The Morgan fingerprint density at radius 2 is 1.73 bits per heavy atom. The molecule has 0 spiro atoms. The van der Waals surface area contributed by atoms with Crippen LogP contribution < -0.4 is 14.8 Å². The van der Waals surface area contributed by atoms with Crippen LogP contribution in [-0.2, 0) is 20.7 Å². The van der Waals surface area contributed by atoms with Gasteiger partial charge in [-0.3, -0.25) is 9.59 Å². The minimum absolute atomic E-state index is 0.146. The third kappa shape index (κ3) is 7.11. The molecule has 0 atom stereocenters. The standard InChI is InChI=1S/C22H25NO6S/c1-15(24)13-29-22(26)17-6-4-5-7-20(17)30-14-21(25)23-11-10-16-8-9-18(27-2)19(12-16)28-3/h4-9,12H,10-11,13-14H2,1-3H3,(H,23,25). The van der Waals surface area contributed by atoms with Crippen molar-refractivity contribution in [1.29, 1.82) is 0 Å². The Morgan fingerprint density at radius 1 is 1.00 bits per heavy atom. The van der Waals surface area contributed by atoms with E-state index in [1.54, 1.807) is 38.5 Å². The first kappa shape index (κ1) is 23.3. The van der Waals surface area contributed by atoms with Gasteiger partial charge in [-0.2, -0.15) is 0 Å². The normalized spacial score (nSPS) is 10.2. The number of ketones is 1. The fraction of sp³-hybridized carbons (Fsp3) is 0.318. The van der Waals surface area contributed by atoms with Gasteiger partial charge >= 0.3 is 5.97 Å². The van der Waals surface area contributed by atoms with Gasteiger partial charge in [-0.1, -0.05) is 18.2 Å². The molecule has 7 nitrogen and oxygen atoms in total. The van der Waals surface area contributed by atoms with Crippen LogP contribution in [-0.4, -0.2) is 50.8 Å². The molecule has 8 heteroatoms. The topological polar surface area (TPSA) is 90.9 Å². The van der Waals surface area contributed by atoms with E-state index in [-0.39, 0.29) is 24.1 Å². The van der Waals surface area contributed by atoms with Crippen LogP contribution in [0.3, 0.4) is 0 Å². The lowest BCUT2D eigenvalue weighted by Crippen LogP contribution is -2.27. The molecule has 160 valence electrons. The van der Waals surface area contributed by atoms with Crippen LogP contribution in [0.5, 0.6) is 11.5 Å². The summed E-state index contributed by atoms with van der Waals surface area (Å²) in [7, 11) is 3.16. The maximum absolute atomic E-state index is 12.2. The largest absolute Gasteiger partial charge is 0.493 e. The minimum atomic E-state index is -0.581. The number of benzene rings is 2. The Morgan fingerprint density at radius 3 is 2.43 bits per heavy atom. The van der Waals surface area contributed by atoms with Gasteiger partial charge in [-0.05, 0) is 43.2 Å². The van der Waals surface area contributed by atoms with Gasteiger partial charge in [0.15, 0.2) is 17.3 Å². The van der Waals surface area contributed by atoms with Crippen molar-refractivity contribution in [1.82, 2.24) is 5.32 Å². The first-order valence-electron chi connectivity index (χ1n) is 9.30. The maximum atomic E-state index is 12.2. The van der Waals surface area contributed by atoms with Gasteiger partial charge in [0, 0.05) is 11.4 Å². The number of amides is 1. The zero-order chi connectivity index (χ0) is 21.9. The van der Waals surface area contributed by atoms with E-state index in [0.717, 1.165) is 5.56 Å². The molecule has 0 aliphatic heterocycles. The fourth-order valence-electron chi connectivity index (χ4n) is 2.58. The summed E-state index contributed by atoms with van der Waals surface area (Å²) in [6, 6.07) is 12.5. The van der Waals surface area contributed by atoms with Crippen LogP contribution in [0, 0.1) is 0 Å². The van der Waals surface area contributed by atoms with E-state index in [1.165, 1.54) is 18.7 Å². The Balaban J connectivity index is 1.84. The van der Waals surface area contributed by atoms with Crippen LogP contribution in [0.25, 0.3) is 0 Å². The highest BCUT2D eigenvalue weighted by Crippen LogP contribution is 2.27. The minimum Gasteiger partial charge on any atom is -0.493 e. The predicted molar refractivity (Wildman–Crippen MR) is 114 cm³/mol. The van der Waals surface area contributed by atoms with Crippen LogP contribution in [0.4, 0.5) is 0 Å². The van der Waals surface area contributed by atoms with Gasteiger partial charge in [-0.25, -0.2) is 4.79 Å². The highest BCUT2D eigenvalue weighted by atomic mass is 32.2. The van der Waals surface area contributed by atoms with E-state index in [9.17, 15) is 14.4 Å². The summed E-state index contributed by atoms with van der Waals surface area (Å²) in [5.74, 6) is 0.493. The van der Waals surface area contributed by atoms with Crippen molar-refractivity contribution in [3.8, 4) is 11.5 Å². The number of methoxy groups -OCH3 is 2. The van der Waals surface area contributed by atoms with E-state index in [1.807, 2.05) is 18.2 Å². The van der Waals surface area contributed by atoms with Crippen molar-refractivity contribution in [2.24, 2.45) is 0 Å². The number of hydrogen-bond acceptors (Lipinski definition) is 7. The number of Topliss-reactive ketones (excluding diaryl/α,β-unsaturated/α-hetero) is 1. The molecule has 2 aromatic carbocycles. The summed E-state index contributed by atoms with van der Waals surface area (Å²) in [5.41, 5.74) is 1.35. The lowest BCUT2D eigenvalue weighted by molar-refractivity contribution is -0.120. The van der Waals surface area contributed by atoms with Crippen molar-refractivity contribution < 1.29 is 28.6 Å². The van der Waals surface area contributed by atoms with Crippen LogP contribution in [0.2, 0.25) is 0 Å². The number of thioether (sulfide) groups is 1.